The molecule has 0 aromatic rings. The van der Waals surface area contributed by atoms with Crippen molar-refractivity contribution in [2.24, 2.45) is 41.1 Å². The van der Waals surface area contributed by atoms with Crippen molar-refractivity contribution in [2.75, 3.05) is 0 Å². The molecule has 0 aliphatic carbocycles. The molecule has 42 heavy (non-hydrogen) atoms. The first-order chi connectivity index (χ1) is 20.2. The van der Waals surface area contributed by atoms with Crippen LogP contribution < -0.4 is 11.5 Å². The zero-order chi connectivity index (χ0) is 31.4. The molecule has 0 aliphatic heterocycles. The van der Waals surface area contributed by atoms with E-state index in [4.69, 9.17) is 11.5 Å². The Hall–Kier alpha value is -1.06. The molecule has 4 heteroatoms. The van der Waals surface area contributed by atoms with Gasteiger partial charge in [-0.05, 0) is 30.6 Å². The Labute approximate surface area is 263 Å². The molecule has 0 spiro atoms. The van der Waals surface area contributed by atoms with Gasteiger partial charge in [0.15, 0.2) is 0 Å². The van der Waals surface area contributed by atoms with Crippen molar-refractivity contribution in [3.63, 3.8) is 0 Å². The number of amides is 2. The zero-order valence-corrected chi connectivity index (χ0v) is 29.2. The van der Waals surface area contributed by atoms with Crippen LogP contribution >= 0.6 is 0 Å². The van der Waals surface area contributed by atoms with Crippen molar-refractivity contribution in [1.82, 2.24) is 0 Å². The summed E-state index contributed by atoms with van der Waals surface area (Å²) in [4.78, 5) is 24.6. The van der Waals surface area contributed by atoms with Crippen molar-refractivity contribution in [1.29, 1.82) is 0 Å². The van der Waals surface area contributed by atoms with Gasteiger partial charge in [0, 0.05) is 11.8 Å². The summed E-state index contributed by atoms with van der Waals surface area (Å²) in [5.41, 5.74) is 11.6. The highest BCUT2D eigenvalue weighted by molar-refractivity contribution is 5.80. The van der Waals surface area contributed by atoms with Crippen LogP contribution in [0.4, 0.5) is 0 Å². The van der Waals surface area contributed by atoms with E-state index in [0.29, 0.717) is 0 Å². The Balaban J connectivity index is 3.96. The van der Waals surface area contributed by atoms with Gasteiger partial charge in [-0.3, -0.25) is 9.59 Å². The van der Waals surface area contributed by atoms with E-state index in [1.165, 1.54) is 128 Å². The molecule has 4 N–H and O–H groups in total. The van der Waals surface area contributed by atoms with E-state index in [1.54, 1.807) is 0 Å². The SMILES string of the molecule is CC(C)CCCCCCCCCCCCCC(C(N)=O)C(C)C(CCCCCCCCCCCCCC(C)C)C(N)=O. The minimum atomic E-state index is -0.262. The standard InChI is InChI=1S/C38H76N2O2/c1-32(2)28-24-20-16-12-8-6-10-14-18-22-26-30-35(37(39)41)34(5)36(38(40)42)31-27-23-19-15-11-7-9-13-17-21-25-29-33(3)4/h32-36H,6-31H2,1-5H3,(H2,39,41)(H2,40,42). The molecule has 0 aromatic heterocycles. The molecule has 0 heterocycles. The first kappa shape index (κ1) is 40.9. The van der Waals surface area contributed by atoms with Crippen molar-refractivity contribution >= 4 is 11.8 Å². The summed E-state index contributed by atoms with van der Waals surface area (Å²) >= 11 is 0. The third-order valence-corrected chi connectivity index (χ3v) is 9.59. The second kappa shape index (κ2) is 28.7. The van der Waals surface area contributed by atoms with E-state index in [1.807, 2.05) is 6.92 Å². The third-order valence-electron chi connectivity index (χ3n) is 9.59. The largest absolute Gasteiger partial charge is 0.369 e. The van der Waals surface area contributed by atoms with Crippen LogP contribution in [0.3, 0.4) is 0 Å². The molecule has 0 radical (unpaired) electrons. The van der Waals surface area contributed by atoms with Gasteiger partial charge in [0.25, 0.3) is 0 Å². The van der Waals surface area contributed by atoms with Crippen LogP contribution in [0.25, 0.3) is 0 Å². The monoisotopic (exact) mass is 593 g/mol. The molecule has 0 bridgehead atoms. The average Bonchev–Trinajstić information content (AvgIpc) is 2.92. The molecular weight excluding hydrogens is 516 g/mol. The van der Waals surface area contributed by atoms with Gasteiger partial charge >= 0.3 is 0 Å². The minimum Gasteiger partial charge on any atom is -0.369 e. The predicted octanol–water partition coefficient (Wildman–Crippen LogP) is 11.3. The smallest absolute Gasteiger partial charge is 0.220 e. The van der Waals surface area contributed by atoms with Crippen LogP contribution in [-0.4, -0.2) is 11.8 Å². The summed E-state index contributed by atoms with van der Waals surface area (Å²) in [7, 11) is 0. The summed E-state index contributed by atoms with van der Waals surface area (Å²) < 4.78 is 0. The second-order valence-electron chi connectivity index (χ2n) is 14.6. The molecule has 0 aliphatic rings. The van der Waals surface area contributed by atoms with Crippen molar-refractivity contribution in [2.45, 2.75) is 202 Å². The second-order valence-corrected chi connectivity index (χ2v) is 14.6. The average molecular weight is 593 g/mol. The van der Waals surface area contributed by atoms with Gasteiger partial charge in [0.2, 0.25) is 11.8 Å². The van der Waals surface area contributed by atoms with Gasteiger partial charge in [-0.1, -0.05) is 189 Å². The Morgan fingerprint density at radius 2 is 0.548 bits per heavy atom. The fourth-order valence-corrected chi connectivity index (χ4v) is 6.62. The van der Waals surface area contributed by atoms with Crippen LogP contribution in [0, 0.1) is 29.6 Å². The lowest BCUT2D eigenvalue weighted by atomic mass is 9.77. The van der Waals surface area contributed by atoms with Crippen molar-refractivity contribution in [3.8, 4) is 0 Å². The van der Waals surface area contributed by atoms with Crippen LogP contribution in [-0.2, 0) is 9.59 Å². The van der Waals surface area contributed by atoms with Gasteiger partial charge in [-0.15, -0.1) is 0 Å². The van der Waals surface area contributed by atoms with Gasteiger partial charge in [-0.2, -0.15) is 0 Å². The lowest BCUT2D eigenvalue weighted by molar-refractivity contribution is -0.128. The first-order valence-electron chi connectivity index (χ1n) is 18.7. The summed E-state index contributed by atoms with van der Waals surface area (Å²) in [5, 5.41) is 0. The topological polar surface area (TPSA) is 86.2 Å². The predicted molar refractivity (Wildman–Crippen MR) is 184 cm³/mol. The number of carbonyl (C=O) groups is 2. The number of hydrogen-bond acceptors (Lipinski definition) is 2. The van der Waals surface area contributed by atoms with E-state index < -0.39 is 0 Å². The van der Waals surface area contributed by atoms with Crippen LogP contribution in [0.1, 0.15) is 202 Å². The number of carbonyl (C=O) groups excluding carboxylic acids is 2. The van der Waals surface area contributed by atoms with Crippen molar-refractivity contribution < 1.29 is 9.59 Å². The number of nitrogens with two attached hydrogens (primary N) is 2. The molecule has 2 unspecified atom stereocenters. The fraction of sp³-hybridized carbons (Fsp3) is 0.947. The molecule has 0 aromatic carbocycles. The molecule has 0 fully saturated rings. The summed E-state index contributed by atoms with van der Waals surface area (Å²) in [6.45, 7) is 11.3. The zero-order valence-electron chi connectivity index (χ0n) is 29.2. The molecule has 250 valence electrons. The molecule has 2 amide bonds. The van der Waals surface area contributed by atoms with Gasteiger partial charge < -0.3 is 11.5 Å². The number of hydrogen-bond donors (Lipinski definition) is 2. The highest BCUT2D eigenvalue weighted by atomic mass is 16.1. The van der Waals surface area contributed by atoms with Gasteiger partial charge in [0.1, 0.15) is 0 Å². The van der Waals surface area contributed by atoms with Crippen LogP contribution in [0.2, 0.25) is 0 Å². The lowest BCUT2D eigenvalue weighted by Gasteiger charge is -2.27. The van der Waals surface area contributed by atoms with E-state index >= 15 is 0 Å². The quantitative estimate of drug-likeness (QED) is 0.0761. The van der Waals surface area contributed by atoms with E-state index in [9.17, 15) is 9.59 Å². The van der Waals surface area contributed by atoms with Crippen molar-refractivity contribution in [3.05, 3.63) is 0 Å². The minimum absolute atomic E-state index is 0.0684. The van der Waals surface area contributed by atoms with E-state index in [0.717, 1.165) is 50.4 Å². The summed E-state index contributed by atoms with van der Waals surface area (Å²) in [5.74, 6) is 0.598. The fourth-order valence-electron chi connectivity index (χ4n) is 6.62. The maximum absolute atomic E-state index is 12.3. The molecule has 0 rings (SSSR count). The van der Waals surface area contributed by atoms with E-state index in [2.05, 4.69) is 27.7 Å². The Morgan fingerprint density at radius 3 is 0.738 bits per heavy atom. The Bertz CT molecular complexity index is 566. The summed E-state index contributed by atoms with van der Waals surface area (Å²) in [6, 6.07) is 0. The number of unbranched alkanes of at least 4 members (excludes halogenated alkanes) is 20. The van der Waals surface area contributed by atoms with E-state index in [-0.39, 0.29) is 29.6 Å². The summed E-state index contributed by atoms with van der Waals surface area (Å²) in [6.07, 6.45) is 32.9. The number of rotatable bonds is 32. The molecule has 2 atom stereocenters. The maximum atomic E-state index is 12.3. The van der Waals surface area contributed by atoms with Crippen LogP contribution in [0.5, 0.6) is 0 Å². The molecule has 0 saturated carbocycles. The Morgan fingerprint density at radius 1 is 0.357 bits per heavy atom. The van der Waals surface area contributed by atoms with Crippen LogP contribution in [0.15, 0.2) is 0 Å². The lowest BCUT2D eigenvalue weighted by Crippen LogP contribution is -2.38. The van der Waals surface area contributed by atoms with Gasteiger partial charge in [-0.25, -0.2) is 0 Å². The normalized spacial score (nSPS) is 14.0. The molecular formula is C38H76N2O2. The number of primary amides is 2. The molecule has 0 saturated heterocycles. The maximum Gasteiger partial charge on any atom is 0.220 e. The van der Waals surface area contributed by atoms with Gasteiger partial charge in [0.05, 0.1) is 0 Å². The Kier molecular flexibility index (Phi) is 28.0. The molecule has 4 nitrogen and oxygen atoms in total. The first-order valence-corrected chi connectivity index (χ1v) is 18.7. The highest BCUT2D eigenvalue weighted by Gasteiger charge is 2.32. The highest BCUT2D eigenvalue weighted by Crippen LogP contribution is 2.30. The third kappa shape index (κ3) is 25.4.